The molecule has 23 heavy (non-hydrogen) atoms. The van der Waals surface area contributed by atoms with Gasteiger partial charge in [0.05, 0.1) is 23.6 Å². The number of rotatable bonds is 5. The summed E-state index contributed by atoms with van der Waals surface area (Å²) in [5.41, 5.74) is 0.870. The fourth-order valence-electron chi connectivity index (χ4n) is 2.66. The summed E-state index contributed by atoms with van der Waals surface area (Å²) in [4.78, 5) is 24.9. The molecule has 2 unspecified atom stereocenters. The van der Waals surface area contributed by atoms with Crippen LogP contribution in [0.25, 0.3) is 0 Å². The monoisotopic (exact) mass is 387 g/mol. The number of carbonyl (C=O) groups excluding carboxylic acids is 1. The van der Waals surface area contributed by atoms with E-state index in [0.717, 1.165) is 5.56 Å². The lowest BCUT2D eigenvalue weighted by Gasteiger charge is -2.34. The van der Waals surface area contributed by atoms with Gasteiger partial charge in [-0.05, 0) is 40.0 Å². The largest absolute Gasteiger partial charge is 0.481 e. The van der Waals surface area contributed by atoms with Crippen LogP contribution in [-0.4, -0.2) is 47.7 Å². The Morgan fingerprint density at radius 3 is 2.91 bits per heavy atom. The van der Waals surface area contributed by atoms with E-state index in [-0.39, 0.29) is 24.1 Å². The van der Waals surface area contributed by atoms with E-state index in [2.05, 4.69) is 15.9 Å². The van der Waals surface area contributed by atoms with Gasteiger partial charge < -0.3 is 14.7 Å². The highest BCUT2D eigenvalue weighted by Crippen LogP contribution is 2.20. The van der Waals surface area contributed by atoms with Crippen LogP contribution in [0.15, 0.2) is 22.7 Å². The average Bonchev–Trinajstić information content (AvgIpc) is 2.49. The zero-order chi connectivity index (χ0) is 17.0. The fourth-order valence-corrected chi connectivity index (χ4v) is 3.08. The van der Waals surface area contributed by atoms with Crippen molar-refractivity contribution < 1.29 is 23.8 Å². The maximum atomic E-state index is 13.2. The lowest BCUT2D eigenvalue weighted by atomic mass is 9.99. The number of amides is 1. The molecule has 0 radical (unpaired) electrons. The van der Waals surface area contributed by atoms with Crippen LogP contribution >= 0.6 is 15.9 Å². The molecule has 2 atom stereocenters. The highest BCUT2D eigenvalue weighted by molar-refractivity contribution is 9.10. The van der Waals surface area contributed by atoms with Crippen LogP contribution in [0.4, 0.5) is 4.39 Å². The molecule has 7 heteroatoms. The Hall–Kier alpha value is -1.47. The van der Waals surface area contributed by atoms with Crippen molar-refractivity contribution in [2.75, 3.05) is 19.7 Å². The van der Waals surface area contributed by atoms with Crippen LogP contribution < -0.4 is 0 Å². The summed E-state index contributed by atoms with van der Waals surface area (Å²) < 4.78 is 19.0. The Morgan fingerprint density at radius 1 is 1.52 bits per heavy atom. The molecule has 0 spiro atoms. The van der Waals surface area contributed by atoms with Crippen LogP contribution in [0.1, 0.15) is 18.9 Å². The summed E-state index contributed by atoms with van der Waals surface area (Å²) in [5.74, 6) is -1.58. The SMILES string of the molecule is CC(Cc1ccc(F)c(Br)c1)C(=O)N1CCOC(CC(=O)O)C1. The first-order valence-electron chi connectivity index (χ1n) is 7.43. The van der Waals surface area contributed by atoms with Crippen LogP contribution in [0.3, 0.4) is 0 Å². The third-order valence-corrected chi connectivity index (χ3v) is 4.41. The molecule has 1 aliphatic heterocycles. The molecule has 1 saturated heterocycles. The molecule has 1 aromatic carbocycles. The summed E-state index contributed by atoms with van der Waals surface area (Å²) in [6, 6.07) is 4.70. The van der Waals surface area contributed by atoms with E-state index < -0.39 is 12.1 Å². The van der Waals surface area contributed by atoms with Crippen molar-refractivity contribution in [2.45, 2.75) is 25.9 Å². The van der Waals surface area contributed by atoms with Gasteiger partial charge in [0.1, 0.15) is 5.82 Å². The first kappa shape index (κ1) is 17.9. The zero-order valence-electron chi connectivity index (χ0n) is 12.8. The number of aliphatic carboxylic acids is 1. The summed E-state index contributed by atoms with van der Waals surface area (Å²) >= 11 is 3.14. The number of nitrogens with zero attached hydrogens (tertiary/aromatic N) is 1. The maximum absolute atomic E-state index is 13.2. The predicted octanol–water partition coefficient (Wildman–Crippen LogP) is 2.47. The molecule has 126 valence electrons. The minimum absolute atomic E-state index is 0.0378. The number of carboxylic acid groups (broad SMARTS) is 1. The molecule has 0 aliphatic carbocycles. The van der Waals surface area contributed by atoms with Gasteiger partial charge in [-0.3, -0.25) is 9.59 Å². The zero-order valence-corrected chi connectivity index (χ0v) is 14.4. The number of morpholine rings is 1. The molecule has 1 N–H and O–H groups in total. The van der Waals surface area contributed by atoms with Crippen molar-refractivity contribution in [1.82, 2.24) is 4.90 Å². The summed E-state index contributed by atoms with van der Waals surface area (Å²) in [6.45, 7) is 2.93. The van der Waals surface area contributed by atoms with Crippen molar-refractivity contribution >= 4 is 27.8 Å². The van der Waals surface area contributed by atoms with Gasteiger partial charge in [0.2, 0.25) is 5.91 Å². The molecule has 5 nitrogen and oxygen atoms in total. The van der Waals surface area contributed by atoms with Crippen LogP contribution in [0, 0.1) is 11.7 Å². The number of benzene rings is 1. The molecule has 0 saturated carbocycles. The molecular formula is C16H19BrFNO4. The van der Waals surface area contributed by atoms with Crippen molar-refractivity contribution in [1.29, 1.82) is 0 Å². The minimum atomic E-state index is -0.937. The van der Waals surface area contributed by atoms with Crippen molar-refractivity contribution in [3.8, 4) is 0 Å². The third kappa shape index (κ3) is 5.00. The lowest BCUT2D eigenvalue weighted by molar-refractivity contribution is -0.149. The van der Waals surface area contributed by atoms with Gasteiger partial charge in [-0.2, -0.15) is 0 Å². The molecule has 1 amide bonds. The lowest BCUT2D eigenvalue weighted by Crippen LogP contribution is -2.48. The van der Waals surface area contributed by atoms with E-state index in [9.17, 15) is 14.0 Å². The van der Waals surface area contributed by atoms with Gasteiger partial charge in [-0.15, -0.1) is 0 Å². The van der Waals surface area contributed by atoms with Crippen LogP contribution in [0.2, 0.25) is 0 Å². The van der Waals surface area contributed by atoms with E-state index in [1.54, 1.807) is 17.0 Å². The average molecular weight is 388 g/mol. The highest BCUT2D eigenvalue weighted by Gasteiger charge is 2.28. The van der Waals surface area contributed by atoms with E-state index in [0.29, 0.717) is 30.6 Å². The number of ether oxygens (including phenoxy) is 1. The van der Waals surface area contributed by atoms with Crippen molar-refractivity contribution in [3.63, 3.8) is 0 Å². The first-order valence-corrected chi connectivity index (χ1v) is 8.22. The Kier molecular flexibility index (Phi) is 6.12. The quantitative estimate of drug-likeness (QED) is 0.842. The van der Waals surface area contributed by atoms with E-state index >= 15 is 0 Å². The third-order valence-electron chi connectivity index (χ3n) is 3.80. The molecule has 1 aromatic rings. The van der Waals surface area contributed by atoms with Crippen molar-refractivity contribution in [2.24, 2.45) is 5.92 Å². The number of carbonyl (C=O) groups is 2. The minimum Gasteiger partial charge on any atom is -0.481 e. The Morgan fingerprint density at radius 2 is 2.26 bits per heavy atom. The first-order chi connectivity index (χ1) is 10.9. The Bertz CT molecular complexity index is 595. The van der Waals surface area contributed by atoms with Crippen LogP contribution in [0.5, 0.6) is 0 Å². The highest BCUT2D eigenvalue weighted by atomic mass is 79.9. The fraction of sp³-hybridized carbons (Fsp3) is 0.500. The Labute approximate surface area is 142 Å². The second-order valence-corrected chi connectivity index (χ2v) is 6.58. The summed E-state index contributed by atoms with van der Waals surface area (Å²) in [7, 11) is 0. The number of carboxylic acids is 1. The topological polar surface area (TPSA) is 66.8 Å². The van der Waals surface area contributed by atoms with Crippen molar-refractivity contribution in [3.05, 3.63) is 34.1 Å². The summed E-state index contributed by atoms with van der Waals surface area (Å²) in [6.07, 6.45) is -0.0702. The second kappa shape index (κ2) is 7.88. The van der Waals surface area contributed by atoms with Gasteiger partial charge in [-0.25, -0.2) is 4.39 Å². The van der Waals surface area contributed by atoms with E-state index in [4.69, 9.17) is 9.84 Å². The van der Waals surface area contributed by atoms with Gasteiger partial charge in [0.25, 0.3) is 0 Å². The second-order valence-electron chi connectivity index (χ2n) is 5.73. The predicted molar refractivity (Wildman–Crippen MR) is 85.5 cm³/mol. The number of hydrogen-bond donors (Lipinski definition) is 1. The normalized spacial score (nSPS) is 19.4. The molecule has 1 heterocycles. The van der Waals surface area contributed by atoms with E-state index in [1.807, 2.05) is 6.92 Å². The van der Waals surface area contributed by atoms with Gasteiger partial charge in [-0.1, -0.05) is 13.0 Å². The Balaban J connectivity index is 1.95. The molecule has 1 aliphatic rings. The molecular weight excluding hydrogens is 369 g/mol. The maximum Gasteiger partial charge on any atom is 0.306 e. The smallest absolute Gasteiger partial charge is 0.306 e. The van der Waals surface area contributed by atoms with Gasteiger partial charge >= 0.3 is 5.97 Å². The molecule has 0 aromatic heterocycles. The van der Waals surface area contributed by atoms with E-state index in [1.165, 1.54) is 6.07 Å². The molecule has 1 fully saturated rings. The molecule has 2 rings (SSSR count). The standard InChI is InChI=1S/C16H19BrFNO4/c1-10(6-11-2-3-14(18)13(17)7-11)16(22)19-4-5-23-12(9-19)8-15(20)21/h2-3,7,10,12H,4-6,8-9H2,1H3,(H,20,21). The van der Waals surface area contributed by atoms with Gasteiger partial charge in [0.15, 0.2) is 0 Å². The number of halogens is 2. The molecule has 0 bridgehead atoms. The van der Waals surface area contributed by atoms with Gasteiger partial charge in [0, 0.05) is 19.0 Å². The number of hydrogen-bond acceptors (Lipinski definition) is 3. The van der Waals surface area contributed by atoms with Crippen LogP contribution in [-0.2, 0) is 20.7 Å². The summed E-state index contributed by atoms with van der Waals surface area (Å²) in [5, 5.41) is 8.82.